The minimum Gasteiger partial charge on any atom is -0.382 e. The number of benzene rings is 1. The van der Waals surface area contributed by atoms with E-state index < -0.39 is 0 Å². The highest BCUT2D eigenvalue weighted by Gasteiger charge is 2.15. The normalized spacial score (nSPS) is 14.2. The van der Waals surface area contributed by atoms with Gasteiger partial charge in [-0.3, -0.25) is 4.98 Å². The van der Waals surface area contributed by atoms with E-state index in [0.29, 0.717) is 12.1 Å². The fourth-order valence-corrected chi connectivity index (χ4v) is 2.64. The Morgan fingerprint density at radius 3 is 2.81 bits per heavy atom. The van der Waals surface area contributed by atoms with Crippen LogP contribution < -0.4 is 5.32 Å². The molecule has 114 valence electrons. The van der Waals surface area contributed by atoms with Gasteiger partial charge in [-0.25, -0.2) is 0 Å². The zero-order valence-corrected chi connectivity index (χ0v) is 13.3. The molecule has 1 aromatic heterocycles. The summed E-state index contributed by atoms with van der Waals surface area (Å²) in [4.78, 5) is 4.46. The summed E-state index contributed by atoms with van der Waals surface area (Å²) in [5.74, 6) is 0. The molecule has 0 amide bonds. The Morgan fingerprint density at radius 1 is 1.19 bits per heavy atom. The molecule has 0 saturated heterocycles. The van der Waals surface area contributed by atoms with Crippen molar-refractivity contribution in [3.8, 4) is 0 Å². The smallest absolute Gasteiger partial charge is 0.0705 e. The van der Waals surface area contributed by atoms with E-state index in [1.807, 2.05) is 12.3 Å². The van der Waals surface area contributed by atoms with Crippen LogP contribution in [-0.4, -0.2) is 24.7 Å². The van der Waals surface area contributed by atoms with Crippen molar-refractivity contribution in [3.05, 3.63) is 42.1 Å². The number of nitrogens with one attached hydrogen (secondary N) is 1. The van der Waals surface area contributed by atoms with Gasteiger partial charge in [0.1, 0.15) is 0 Å². The Kier molecular flexibility index (Phi) is 6.15. The third-order valence-corrected chi connectivity index (χ3v) is 3.96. The second-order valence-corrected chi connectivity index (χ2v) is 5.55. The van der Waals surface area contributed by atoms with Crippen molar-refractivity contribution in [1.82, 2.24) is 10.3 Å². The van der Waals surface area contributed by atoms with Gasteiger partial charge < -0.3 is 10.1 Å². The van der Waals surface area contributed by atoms with Gasteiger partial charge in [-0.15, -0.1) is 0 Å². The standard InChI is InChI=1S/C18H26N2O/c1-4-12-19-18(11-10-14(2)21-3)15-7-5-9-17-16(15)8-6-13-20-17/h5-9,13-14,18-19H,4,10-12H2,1-3H3. The highest BCUT2D eigenvalue weighted by molar-refractivity contribution is 5.82. The summed E-state index contributed by atoms with van der Waals surface area (Å²) in [7, 11) is 1.78. The van der Waals surface area contributed by atoms with Crippen molar-refractivity contribution in [3.63, 3.8) is 0 Å². The SMILES string of the molecule is CCCNC(CCC(C)OC)c1cccc2ncccc12. The predicted molar refractivity (Wildman–Crippen MR) is 88.5 cm³/mol. The zero-order valence-electron chi connectivity index (χ0n) is 13.3. The van der Waals surface area contributed by atoms with Crippen LogP contribution >= 0.6 is 0 Å². The number of hydrogen-bond acceptors (Lipinski definition) is 3. The maximum Gasteiger partial charge on any atom is 0.0705 e. The van der Waals surface area contributed by atoms with Gasteiger partial charge in [-0.05, 0) is 50.4 Å². The zero-order chi connectivity index (χ0) is 15.1. The number of ether oxygens (including phenoxy) is 1. The first-order chi connectivity index (χ1) is 10.3. The van der Waals surface area contributed by atoms with E-state index in [-0.39, 0.29) is 0 Å². The first-order valence-electron chi connectivity index (χ1n) is 7.86. The summed E-state index contributed by atoms with van der Waals surface area (Å²) < 4.78 is 5.39. The van der Waals surface area contributed by atoms with E-state index in [9.17, 15) is 0 Å². The van der Waals surface area contributed by atoms with Crippen molar-refractivity contribution < 1.29 is 4.74 Å². The number of nitrogens with zero attached hydrogens (tertiary/aromatic N) is 1. The lowest BCUT2D eigenvalue weighted by Gasteiger charge is -2.22. The molecule has 1 N–H and O–H groups in total. The van der Waals surface area contributed by atoms with E-state index >= 15 is 0 Å². The van der Waals surface area contributed by atoms with Gasteiger partial charge in [-0.1, -0.05) is 25.1 Å². The lowest BCUT2D eigenvalue weighted by Crippen LogP contribution is -2.23. The Morgan fingerprint density at radius 2 is 2.05 bits per heavy atom. The van der Waals surface area contributed by atoms with Crippen LogP contribution in [-0.2, 0) is 4.74 Å². The summed E-state index contributed by atoms with van der Waals surface area (Å²) >= 11 is 0. The summed E-state index contributed by atoms with van der Waals surface area (Å²) in [6, 6.07) is 10.9. The minimum atomic E-state index is 0.295. The number of aromatic nitrogens is 1. The number of pyridine rings is 1. The van der Waals surface area contributed by atoms with Crippen molar-refractivity contribution in [2.45, 2.75) is 45.3 Å². The molecule has 0 radical (unpaired) electrons. The van der Waals surface area contributed by atoms with Crippen molar-refractivity contribution >= 4 is 10.9 Å². The van der Waals surface area contributed by atoms with Crippen LogP contribution in [0.2, 0.25) is 0 Å². The Balaban J connectivity index is 2.25. The molecule has 1 heterocycles. The summed E-state index contributed by atoms with van der Waals surface area (Å²) in [6.45, 7) is 5.36. The lowest BCUT2D eigenvalue weighted by molar-refractivity contribution is 0.106. The molecule has 2 rings (SSSR count). The van der Waals surface area contributed by atoms with Crippen LogP contribution in [0.1, 0.15) is 44.7 Å². The average Bonchev–Trinajstić information content (AvgIpc) is 2.54. The van der Waals surface area contributed by atoms with E-state index in [2.05, 4.69) is 48.4 Å². The molecule has 0 aliphatic rings. The van der Waals surface area contributed by atoms with Crippen LogP contribution in [0.4, 0.5) is 0 Å². The molecular weight excluding hydrogens is 260 g/mol. The summed E-state index contributed by atoms with van der Waals surface area (Å²) in [5, 5.41) is 4.92. The topological polar surface area (TPSA) is 34.1 Å². The van der Waals surface area contributed by atoms with Gasteiger partial charge in [0.05, 0.1) is 11.6 Å². The van der Waals surface area contributed by atoms with Gasteiger partial charge >= 0.3 is 0 Å². The lowest BCUT2D eigenvalue weighted by atomic mass is 9.96. The van der Waals surface area contributed by atoms with Gasteiger partial charge in [0.15, 0.2) is 0 Å². The molecule has 2 atom stereocenters. The third-order valence-electron chi connectivity index (χ3n) is 3.96. The quantitative estimate of drug-likeness (QED) is 0.793. The first-order valence-corrected chi connectivity index (χ1v) is 7.86. The molecule has 1 aromatic carbocycles. The minimum absolute atomic E-state index is 0.295. The second-order valence-electron chi connectivity index (χ2n) is 5.55. The molecule has 2 unspecified atom stereocenters. The molecule has 21 heavy (non-hydrogen) atoms. The Hall–Kier alpha value is -1.45. The fraction of sp³-hybridized carbons (Fsp3) is 0.500. The molecule has 3 heteroatoms. The highest BCUT2D eigenvalue weighted by atomic mass is 16.5. The molecular formula is C18H26N2O. The number of hydrogen-bond donors (Lipinski definition) is 1. The fourth-order valence-electron chi connectivity index (χ4n) is 2.64. The number of fused-ring (bicyclic) bond motifs is 1. The van der Waals surface area contributed by atoms with Crippen molar-refractivity contribution in [1.29, 1.82) is 0 Å². The average molecular weight is 286 g/mol. The summed E-state index contributed by atoms with van der Waals surface area (Å²) in [6.07, 6.45) is 5.41. The maximum absolute atomic E-state index is 5.39. The number of methoxy groups -OCH3 is 1. The third kappa shape index (κ3) is 4.26. The van der Waals surface area contributed by atoms with Gasteiger partial charge in [0, 0.05) is 24.7 Å². The van der Waals surface area contributed by atoms with E-state index in [4.69, 9.17) is 4.74 Å². The Bertz CT molecular complexity index is 550. The second kappa shape index (κ2) is 8.11. The first kappa shape index (κ1) is 15.9. The molecule has 0 bridgehead atoms. The monoisotopic (exact) mass is 286 g/mol. The molecule has 3 nitrogen and oxygen atoms in total. The highest BCUT2D eigenvalue weighted by Crippen LogP contribution is 2.27. The molecule has 0 fully saturated rings. The van der Waals surface area contributed by atoms with Crippen molar-refractivity contribution in [2.75, 3.05) is 13.7 Å². The van der Waals surface area contributed by atoms with Crippen LogP contribution in [0.3, 0.4) is 0 Å². The van der Waals surface area contributed by atoms with E-state index in [1.165, 1.54) is 10.9 Å². The molecule has 0 aliphatic carbocycles. The van der Waals surface area contributed by atoms with E-state index in [1.54, 1.807) is 7.11 Å². The van der Waals surface area contributed by atoms with Gasteiger partial charge in [0.25, 0.3) is 0 Å². The van der Waals surface area contributed by atoms with Crippen LogP contribution in [0.5, 0.6) is 0 Å². The number of rotatable bonds is 8. The molecule has 0 aliphatic heterocycles. The molecule has 2 aromatic rings. The Labute approximate surface area is 127 Å². The van der Waals surface area contributed by atoms with Gasteiger partial charge in [-0.2, -0.15) is 0 Å². The maximum atomic E-state index is 5.39. The molecule has 0 saturated carbocycles. The van der Waals surface area contributed by atoms with Crippen molar-refractivity contribution in [2.24, 2.45) is 0 Å². The molecule has 0 spiro atoms. The van der Waals surface area contributed by atoms with E-state index in [0.717, 1.165) is 31.3 Å². The van der Waals surface area contributed by atoms with Crippen LogP contribution in [0.25, 0.3) is 10.9 Å². The largest absolute Gasteiger partial charge is 0.382 e. The van der Waals surface area contributed by atoms with Crippen LogP contribution in [0.15, 0.2) is 36.5 Å². The summed E-state index contributed by atoms with van der Waals surface area (Å²) in [5.41, 5.74) is 2.41. The predicted octanol–water partition coefficient (Wildman–Crippen LogP) is 4.09. The van der Waals surface area contributed by atoms with Gasteiger partial charge in [0.2, 0.25) is 0 Å². The van der Waals surface area contributed by atoms with Crippen LogP contribution in [0, 0.1) is 0 Å².